The Morgan fingerprint density at radius 2 is 1.61 bits per heavy atom. The smallest absolute Gasteiger partial charge is 0.291 e. The highest BCUT2D eigenvalue weighted by atomic mass is 16.5. The lowest BCUT2D eigenvalue weighted by atomic mass is 9.93. The Hall–Kier alpha value is -4.85. The third-order valence-electron chi connectivity index (χ3n) is 6.25. The van der Waals surface area contributed by atoms with Gasteiger partial charge in [0.15, 0.2) is 5.76 Å². The lowest BCUT2D eigenvalue weighted by Crippen LogP contribution is -2.22. The van der Waals surface area contributed by atoms with E-state index in [2.05, 4.69) is 15.8 Å². The van der Waals surface area contributed by atoms with Crippen molar-refractivity contribution < 1.29 is 23.5 Å². The summed E-state index contributed by atoms with van der Waals surface area (Å²) >= 11 is 0. The van der Waals surface area contributed by atoms with Crippen LogP contribution in [-0.4, -0.2) is 24.6 Å². The van der Waals surface area contributed by atoms with Gasteiger partial charge in [0, 0.05) is 28.8 Å². The van der Waals surface area contributed by atoms with Crippen LogP contribution in [0.4, 0.5) is 5.69 Å². The van der Waals surface area contributed by atoms with Gasteiger partial charge in [-0.15, -0.1) is 0 Å². The maximum absolute atomic E-state index is 13.1. The average Bonchev–Trinajstić information content (AvgIpc) is 3.30. The lowest BCUT2D eigenvalue weighted by molar-refractivity contribution is 0.0953. The van der Waals surface area contributed by atoms with Gasteiger partial charge in [-0.1, -0.05) is 24.3 Å². The van der Waals surface area contributed by atoms with E-state index >= 15 is 0 Å². The molecule has 0 saturated carbocycles. The van der Waals surface area contributed by atoms with Gasteiger partial charge in [-0.05, 0) is 74.4 Å². The Morgan fingerprint density at radius 1 is 0.868 bits per heavy atom. The highest BCUT2D eigenvalue weighted by Gasteiger charge is 2.28. The Labute approximate surface area is 220 Å². The number of rotatable bonds is 7. The fourth-order valence-electron chi connectivity index (χ4n) is 4.36. The Morgan fingerprint density at radius 3 is 2.37 bits per heavy atom. The number of carbonyl (C=O) groups excluding carboxylic acids is 2. The van der Waals surface area contributed by atoms with Crippen LogP contribution in [0.3, 0.4) is 0 Å². The molecular weight excluding hydrogens is 482 g/mol. The molecule has 2 amide bonds. The Bertz CT molecular complexity index is 1490. The number of fused-ring (bicyclic) bond motifs is 1. The summed E-state index contributed by atoms with van der Waals surface area (Å²) in [5.74, 6) is 2.21. The molecule has 8 heteroatoms. The summed E-state index contributed by atoms with van der Waals surface area (Å²) in [5, 5.41) is 7.28. The molecular formula is C30H27N3O5. The number of ether oxygens (including phenoxy) is 2. The van der Waals surface area contributed by atoms with Crippen molar-refractivity contribution in [2.75, 3.05) is 12.4 Å². The molecule has 0 bridgehead atoms. The molecule has 1 heterocycles. The summed E-state index contributed by atoms with van der Waals surface area (Å²) in [5.41, 5.74) is 5.83. The second-order valence-electron chi connectivity index (χ2n) is 8.83. The van der Waals surface area contributed by atoms with Crippen molar-refractivity contribution >= 4 is 23.2 Å². The summed E-state index contributed by atoms with van der Waals surface area (Å²) in [6.07, 6.45) is 2.16. The van der Waals surface area contributed by atoms with Gasteiger partial charge in [0.2, 0.25) is 0 Å². The lowest BCUT2D eigenvalue weighted by Gasteiger charge is -2.13. The van der Waals surface area contributed by atoms with E-state index in [1.807, 2.05) is 37.3 Å². The summed E-state index contributed by atoms with van der Waals surface area (Å²) in [6.45, 7) is 1.83. The van der Waals surface area contributed by atoms with Crippen LogP contribution in [-0.2, 0) is 6.42 Å². The molecule has 2 N–H and O–H groups in total. The van der Waals surface area contributed by atoms with Crippen LogP contribution in [0.5, 0.6) is 17.2 Å². The number of furan rings is 1. The first-order chi connectivity index (χ1) is 18.5. The molecule has 3 aromatic carbocycles. The van der Waals surface area contributed by atoms with Gasteiger partial charge in [-0.25, -0.2) is 5.43 Å². The molecule has 0 radical (unpaired) electrons. The van der Waals surface area contributed by atoms with Crippen molar-refractivity contribution in [1.82, 2.24) is 5.43 Å². The molecule has 38 heavy (non-hydrogen) atoms. The maximum Gasteiger partial charge on any atom is 0.291 e. The fourth-order valence-corrected chi connectivity index (χ4v) is 4.36. The predicted octanol–water partition coefficient (Wildman–Crippen LogP) is 6.11. The zero-order chi connectivity index (χ0) is 26.5. The van der Waals surface area contributed by atoms with E-state index < -0.39 is 0 Å². The number of aryl methyl sites for hydroxylation is 1. The van der Waals surface area contributed by atoms with Crippen LogP contribution in [0.1, 0.15) is 50.6 Å². The van der Waals surface area contributed by atoms with E-state index in [4.69, 9.17) is 13.9 Å². The topological polar surface area (TPSA) is 102 Å². The van der Waals surface area contributed by atoms with Gasteiger partial charge in [-0.3, -0.25) is 9.59 Å². The minimum atomic E-state index is -0.353. The minimum Gasteiger partial charge on any atom is -0.497 e. The van der Waals surface area contributed by atoms with Crippen molar-refractivity contribution in [1.29, 1.82) is 0 Å². The largest absolute Gasteiger partial charge is 0.497 e. The number of hydrazone groups is 1. The first kappa shape index (κ1) is 24.8. The van der Waals surface area contributed by atoms with E-state index in [9.17, 15) is 9.59 Å². The first-order valence-electron chi connectivity index (χ1n) is 12.3. The van der Waals surface area contributed by atoms with E-state index in [1.54, 1.807) is 55.6 Å². The number of para-hydroxylation sites is 1. The fraction of sp³-hybridized carbons (Fsp3) is 0.167. The highest BCUT2D eigenvalue weighted by molar-refractivity contribution is 6.09. The number of methoxy groups -OCH3 is 1. The highest BCUT2D eigenvalue weighted by Crippen LogP contribution is 2.31. The van der Waals surface area contributed by atoms with Crippen molar-refractivity contribution in [2.24, 2.45) is 5.10 Å². The third-order valence-corrected chi connectivity index (χ3v) is 6.25. The number of hydrogen-bond donors (Lipinski definition) is 2. The normalized spacial score (nSPS) is 13.5. The molecule has 4 aromatic rings. The molecule has 1 aliphatic carbocycles. The van der Waals surface area contributed by atoms with Gasteiger partial charge in [0.05, 0.1) is 12.8 Å². The summed E-state index contributed by atoms with van der Waals surface area (Å²) in [4.78, 5) is 25.7. The number of nitrogens with one attached hydrogen (secondary N) is 2. The minimum absolute atomic E-state index is 0.230. The molecule has 0 unspecified atom stereocenters. The number of benzene rings is 3. The van der Waals surface area contributed by atoms with Crippen LogP contribution >= 0.6 is 0 Å². The van der Waals surface area contributed by atoms with Crippen LogP contribution in [0.25, 0.3) is 0 Å². The van der Waals surface area contributed by atoms with Crippen molar-refractivity contribution in [2.45, 2.75) is 26.2 Å². The van der Waals surface area contributed by atoms with Gasteiger partial charge >= 0.3 is 0 Å². The molecule has 1 aliphatic rings. The van der Waals surface area contributed by atoms with Crippen molar-refractivity contribution in [3.8, 4) is 17.2 Å². The standard InChI is InChI=1S/C30H27N3O5/c1-19-27-25(32-33-29(34)20-8-6-11-24(18-20)36-2)12-7-13-26(27)38-28(19)30(35)31-21-14-16-23(17-15-21)37-22-9-4-3-5-10-22/h3-6,8-11,14-18H,7,12-13H2,1-2H3,(H,31,35)(H,33,34)/b32-25+. The molecule has 0 fully saturated rings. The number of hydrogen-bond acceptors (Lipinski definition) is 6. The van der Waals surface area contributed by atoms with Gasteiger partial charge < -0.3 is 19.2 Å². The number of anilines is 1. The quantitative estimate of drug-likeness (QED) is 0.293. The van der Waals surface area contributed by atoms with Crippen LogP contribution < -0.4 is 20.2 Å². The van der Waals surface area contributed by atoms with Gasteiger partial charge in [0.1, 0.15) is 23.0 Å². The van der Waals surface area contributed by atoms with Gasteiger partial charge in [-0.2, -0.15) is 5.10 Å². The maximum atomic E-state index is 13.1. The molecule has 0 atom stereocenters. The first-order valence-corrected chi connectivity index (χ1v) is 12.3. The molecule has 0 spiro atoms. The second kappa shape index (κ2) is 11.0. The summed E-state index contributed by atoms with van der Waals surface area (Å²) in [7, 11) is 1.55. The molecule has 0 saturated heterocycles. The third kappa shape index (κ3) is 5.44. The van der Waals surface area contributed by atoms with Crippen molar-refractivity contribution in [3.05, 3.63) is 107 Å². The van der Waals surface area contributed by atoms with E-state index in [1.165, 1.54) is 0 Å². The number of amides is 2. The van der Waals surface area contributed by atoms with E-state index in [-0.39, 0.29) is 17.6 Å². The average molecular weight is 510 g/mol. The molecule has 8 nitrogen and oxygen atoms in total. The van der Waals surface area contributed by atoms with Crippen molar-refractivity contribution in [3.63, 3.8) is 0 Å². The molecule has 5 rings (SSSR count). The SMILES string of the molecule is COc1cccc(C(=O)N/N=C2\CCCc3oc(C(=O)Nc4ccc(Oc5ccccc5)cc4)c(C)c32)c1. The summed E-state index contributed by atoms with van der Waals surface area (Å²) in [6, 6.07) is 23.5. The van der Waals surface area contributed by atoms with Gasteiger partial charge in [0.25, 0.3) is 11.8 Å². The molecule has 0 aliphatic heterocycles. The Kier molecular flexibility index (Phi) is 7.21. The predicted molar refractivity (Wildman–Crippen MR) is 144 cm³/mol. The van der Waals surface area contributed by atoms with E-state index in [0.29, 0.717) is 52.6 Å². The van der Waals surface area contributed by atoms with E-state index in [0.717, 1.165) is 17.7 Å². The number of nitrogens with zero attached hydrogens (tertiary/aromatic N) is 1. The second-order valence-corrected chi connectivity index (χ2v) is 8.83. The molecule has 1 aromatic heterocycles. The van der Waals surface area contributed by atoms with Crippen LogP contribution in [0, 0.1) is 6.92 Å². The Balaban J connectivity index is 1.29. The monoisotopic (exact) mass is 509 g/mol. The van der Waals surface area contributed by atoms with Crippen LogP contribution in [0.2, 0.25) is 0 Å². The zero-order valence-electron chi connectivity index (χ0n) is 21.1. The number of carbonyl (C=O) groups is 2. The zero-order valence-corrected chi connectivity index (χ0v) is 21.1. The summed E-state index contributed by atoms with van der Waals surface area (Å²) < 4.78 is 17.0. The van der Waals surface area contributed by atoms with Crippen LogP contribution in [0.15, 0.2) is 88.4 Å². The molecule has 192 valence electrons.